The molecule has 7 nitrogen and oxygen atoms in total. The van der Waals surface area contributed by atoms with Gasteiger partial charge in [0.05, 0.1) is 12.8 Å². The number of ether oxygens (including phenoxy) is 1. The molecule has 0 spiro atoms. The van der Waals surface area contributed by atoms with Gasteiger partial charge in [0.1, 0.15) is 11.6 Å². The van der Waals surface area contributed by atoms with Crippen LogP contribution in [0.4, 0.5) is 15.8 Å². The molecular weight excluding hydrogens is 399 g/mol. The molecule has 1 fully saturated rings. The topological polar surface area (TPSA) is 80.5 Å². The van der Waals surface area contributed by atoms with Gasteiger partial charge >= 0.3 is 0 Å². The fourth-order valence-corrected chi connectivity index (χ4v) is 3.64. The molecule has 162 valence electrons. The van der Waals surface area contributed by atoms with Crippen LogP contribution in [0.3, 0.4) is 0 Å². The van der Waals surface area contributed by atoms with Crippen LogP contribution in [0.5, 0.6) is 5.75 Å². The third-order valence-electron chi connectivity index (χ3n) is 5.29. The minimum atomic E-state index is -0.309. The van der Waals surface area contributed by atoms with Crippen LogP contribution in [0.1, 0.15) is 31.6 Å². The van der Waals surface area contributed by atoms with Gasteiger partial charge in [-0.3, -0.25) is 4.79 Å². The van der Waals surface area contributed by atoms with Gasteiger partial charge in [0.25, 0.3) is 0 Å². The monoisotopic (exact) mass is 424 g/mol. The quantitative estimate of drug-likeness (QED) is 0.576. The molecule has 1 aliphatic rings. The number of aryl methyl sites for hydroxylation is 1. The van der Waals surface area contributed by atoms with E-state index in [0.717, 1.165) is 37.2 Å². The van der Waals surface area contributed by atoms with Gasteiger partial charge < -0.3 is 19.5 Å². The number of hydrogen-bond acceptors (Lipinski definition) is 6. The lowest BCUT2D eigenvalue weighted by molar-refractivity contribution is -0.116. The summed E-state index contributed by atoms with van der Waals surface area (Å²) in [4.78, 5) is 18.6. The first-order valence-electron chi connectivity index (χ1n) is 10.4. The van der Waals surface area contributed by atoms with E-state index in [1.165, 1.54) is 6.07 Å². The van der Waals surface area contributed by atoms with Crippen molar-refractivity contribution in [3.8, 4) is 17.1 Å². The Bertz CT molecular complexity index is 1030. The van der Waals surface area contributed by atoms with Crippen LogP contribution in [0.25, 0.3) is 11.4 Å². The summed E-state index contributed by atoms with van der Waals surface area (Å²) in [5, 5.41) is 6.74. The maximum Gasteiger partial charge on any atom is 0.226 e. The van der Waals surface area contributed by atoms with Gasteiger partial charge in [0.15, 0.2) is 0 Å². The number of rotatable bonds is 8. The van der Waals surface area contributed by atoms with Crippen molar-refractivity contribution in [1.29, 1.82) is 0 Å². The average Bonchev–Trinajstić information content (AvgIpc) is 3.46. The largest absolute Gasteiger partial charge is 0.497 e. The third kappa shape index (κ3) is 5.20. The van der Waals surface area contributed by atoms with Gasteiger partial charge in [-0.2, -0.15) is 4.98 Å². The molecular formula is C23H25FN4O3. The fourth-order valence-electron chi connectivity index (χ4n) is 3.64. The highest BCUT2D eigenvalue weighted by atomic mass is 19.1. The Morgan fingerprint density at radius 1 is 1.19 bits per heavy atom. The highest BCUT2D eigenvalue weighted by molar-refractivity contribution is 5.90. The Kier molecular flexibility index (Phi) is 6.45. The maximum absolute atomic E-state index is 14.4. The van der Waals surface area contributed by atoms with Gasteiger partial charge in [-0.1, -0.05) is 5.16 Å². The highest BCUT2D eigenvalue weighted by Crippen LogP contribution is 2.26. The zero-order valence-electron chi connectivity index (χ0n) is 17.4. The number of benzene rings is 2. The molecule has 4 rings (SSSR count). The highest BCUT2D eigenvalue weighted by Gasteiger charge is 2.16. The molecule has 1 aliphatic heterocycles. The minimum absolute atomic E-state index is 0.178. The maximum atomic E-state index is 14.4. The first kappa shape index (κ1) is 20.8. The van der Waals surface area contributed by atoms with Gasteiger partial charge in [-0.05, 0) is 61.7 Å². The summed E-state index contributed by atoms with van der Waals surface area (Å²) >= 11 is 0. The lowest BCUT2D eigenvalue weighted by Gasteiger charge is -2.18. The molecule has 0 radical (unpaired) electrons. The molecule has 0 unspecified atom stereocenters. The molecule has 1 aromatic heterocycles. The number of nitrogens with one attached hydrogen (secondary N) is 1. The summed E-state index contributed by atoms with van der Waals surface area (Å²) in [6.07, 6.45) is 3.47. The molecule has 0 saturated carbocycles. The predicted octanol–water partition coefficient (Wildman–Crippen LogP) is 4.45. The average molecular weight is 424 g/mol. The predicted molar refractivity (Wildman–Crippen MR) is 116 cm³/mol. The summed E-state index contributed by atoms with van der Waals surface area (Å²) < 4.78 is 24.8. The molecule has 1 amide bonds. The minimum Gasteiger partial charge on any atom is -0.497 e. The van der Waals surface area contributed by atoms with Crippen molar-refractivity contribution in [3.05, 3.63) is 54.2 Å². The van der Waals surface area contributed by atoms with Crippen molar-refractivity contribution in [1.82, 2.24) is 10.1 Å². The number of carbonyl (C=O) groups is 1. The van der Waals surface area contributed by atoms with Crippen molar-refractivity contribution in [2.45, 2.75) is 32.1 Å². The Labute approximate surface area is 180 Å². The van der Waals surface area contributed by atoms with E-state index in [-0.39, 0.29) is 18.1 Å². The van der Waals surface area contributed by atoms with E-state index in [0.29, 0.717) is 35.9 Å². The standard InChI is InChI=1S/C23H25FN4O3/c1-30-18-10-7-16(8-11-18)23-26-22(31-27-23)6-4-5-21(29)25-17-9-12-20(19(24)15-17)28-13-2-3-14-28/h7-12,15H,2-6,13-14H2,1H3,(H,25,29). The number of halogens is 1. The van der Waals surface area contributed by atoms with Gasteiger partial charge in [-0.25, -0.2) is 4.39 Å². The molecule has 2 heterocycles. The number of nitrogens with zero attached hydrogens (tertiary/aromatic N) is 3. The van der Waals surface area contributed by atoms with Crippen LogP contribution in [0.15, 0.2) is 47.0 Å². The first-order chi connectivity index (χ1) is 15.1. The van der Waals surface area contributed by atoms with E-state index in [1.807, 2.05) is 29.2 Å². The SMILES string of the molecule is COc1ccc(-c2noc(CCCC(=O)Nc3ccc(N4CCCC4)c(F)c3)n2)cc1. The van der Waals surface area contributed by atoms with Crippen molar-refractivity contribution >= 4 is 17.3 Å². The van der Waals surface area contributed by atoms with Crippen molar-refractivity contribution in [3.63, 3.8) is 0 Å². The van der Waals surface area contributed by atoms with Crippen molar-refractivity contribution in [2.75, 3.05) is 30.4 Å². The van der Waals surface area contributed by atoms with Crippen LogP contribution in [0, 0.1) is 5.82 Å². The molecule has 3 aromatic rings. The van der Waals surface area contributed by atoms with Crippen molar-refractivity contribution in [2.24, 2.45) is 0 Å². The second-order valence-corrected chi connectivity index (χ2v) is 7.50. The van der Waals surface area contributed by atoms with Crippen LogP contribution in [-0.2, 0) is 11.2 Å². The molecule has 1 N–H and O–H groups in total. The second-order valence-electron chi connectivity index (χ2n) is 7.50. The number of carbonyl (C=O) groups excluding carboxylic acids is 1. The van der Waals surface area contributed by atoms with E-state index in [2.05, 4.69) is 15.5 Å². The van der Waals surface area contributed by atoms with Crippen LogP contribution < -0.4 is 15.0 Å². The molecule has 0 aliphatic carbocycles. The van der Waals surface area contributed by atoms with Crippen LogP contribution >= 0.6 is 0 Å². The molecule has 8 heteroatoms. The van der Waals surface area contributed by atoms with Crippen LogP contribution in [-0.4, -0.2) is 36.2 Å². The first-order valence-corrected chi connectivity index (χ1v) is 10.4. The Hall–Kier alpha value is -3.42. The lowest BCUT2D eigenvalue weighted by Crippen LogP contribution is -2.19. The third-order valence-corrected chi connectivity index (χ3v) is 5.29. The number of hydrogen-bond donors (Lipinski definition) is 1. The molecule has 2 aromatic carbocycles. The van der Waals surface area contributed by atoms with E-state index in [4.69, 9.17) is 9.26 Å². The summed E-state index contributed by atoms with van der Waals surface area (Å²) in [5.41, 5.74) is 1.89. The van der Waals surface area contributed by atoms with E-state index < -0.39 is 0 Å². The Morgan fingerprint density at radius 2 is 1.97 bits per heavy atom. The zero-order valence-corrected chi connectivity index (χ0v) is 17.4. The molecule has 0 bridgehead atoms. The normalized spacial score (nSPS) is 13.4. The molecule has 0 atom stereocenters. The zero-order chi connectivity index (χ0) is 21.6. The number of aromatic nitrogens is 2. The fraction of sp³-hybridized carbons (Fsp3) is 0.348. The summed E-state index contributed by atoms with van der Waals surface area (Å²) in [5.74, 6) is 1.24. The number of amides is 1. The van der Waals surface area contributed by atoms with Crippen molar-refractivity contribution < 1.29 is 18.4 Å². The summed E-state index contributed by atoms with van der Waals surface area (Å²) in [6, 6.07) is 12.2. The second kappa shape index (κ2) is 9.59. The summed E-state index contributed by atoms with van der Waals surface area (Å²) in [7, 11) is 1.61. The Balaban J connectivity index is 1.26. The molecule has 31 heavy (non-hydrogen) atoms. The lowest BCUT2D eigenvalue weighted by atomic mass is 10.2. The number of anilines is 2. The van der Waals surface area contributed by atoms with Gasteiger partial charge in [0, 0.05) is 37.2 Å². The van der Waals surface area contributed by atoms with E-state index in [1.54, 1.807) is 19.2 Å². The molecule has 1 saturated heterocycles. The van der Waals surface area contributed by atoms with Gasteiger partial charge in [0.2, 0.25) is 17.6 Å². The van der Waals surface area contributed by atoms with Crippen LogP contribution in [0.2, 0.25) is 0 Å². The summed E-state index contributed by atoms with van der Waals surface area (Å²) in [6.45, 7) is 1.75. The van der Waals surface area contributed by atoms with E-state index in [9.17, 15) is 9.18 Å². The smallest absolute Gasteiger partial charge is 0.226 e. The van der Waals surface area contributed by atoms with E-state index >= 15 is 0 Å². The van der Waals surface area contributed by atoms with Gasteiger partial charge in [-0.15, -0.1) is 0 Å². The Morgan fingerprint density at radius 3 is 2.68 bits per heavy atom. The number of methoxy groups -OCH3 is 1.